The van der Waals surface area contributed by atoms with Crippen molar-refractivity contribution in [2.45, 2.75) is 42.7 Å². The summed E-state index contributed by atoms with van der Waals surface area (Å²) in [7, 11) is -3.93. The van der Waals surface area contributed by atoms with Gasteiger partial charge in [0.1, 0.15) is 11.5 Å². The summed E-state index contributed by atoms with van der Waals surface area (Å²) >= 11 is 0. The van der Waals surface area contributed by atoms with E-state index in [0.717, 1.165) is 31.7 Å². The van der Waals surface area contributed by atoms with Gasteiger partial charge in [0.05, 0.1) is 21.8 Å². The summed E-state index contributed by atoms with van der Waals surface area (Å²) < 4.78 is 48.2. The van der Waals surface area contributed by atoms with Crippen LogP contribution in [0.3, 0.4) is 0 Å². The van der Waals surface area contributed by atoms with Gasteiger partial charge in [-0.1, -0.05) is 18.2 Å². The Labute approximate surface area is 220 Å². The number of anilines is 2. The first-order valence-electron chi connectivity index (χ1n) is 12.2. The minimum absolute atomic E-state index is 0.0342. The molecule has 0 aliphatic heterocycles. The van der Waals surface area contributed by atoms with Crippen LogP contribution in [0, 0.1) is 5.82 Å². The van der Waals surface area contributed by atoms with E-state index in [9.17, 15) is 12.8 Å². The van der Waals surface area contributed by atoms with Crippen molar-refractivity contribution >= 4 is 21.7 Å². The van der Waals surface area contributed by atoms with Crippen LogP contribution in [0.2, 0.25) is 0 Å². The number of hydrogen-bond donors (Lipinski definition) is 3. The first-order valence-corrected chi connectivity index (χ1v) is 13.7. The van der Waals surface area contributed by atoms with Crippen LogP contribution in [-0.4, -0.2) is 35.5 Å². The molecule has 9 nitrogen and oxygen atoms in total. The second-order valence-electron chi connectivity index (χ2n) is 9.06. The van der Waals surface area contributed by atoms with E-state index < -0.39 is 15.8 Å². The van der Waals surface area contributed by atoms with Crippen LogP contribution < -0.4 is 20.5 Å². The molecule has 4 aromatic rings. The van der Waals surface area contributed by atoms with Crippen LogP contribution in [0.5, 0.6) is 11.5 Å². The maximum absolute atomic E-state index is 14.9. The van der Waals surface area contributed by atoms with E-state index in [1.54, 1.807) is 48.9 Å². The van der Waals surface area contributed by atoms with Crippen molar-refractivity contribution in [2.24, 2.45) is 5.73 Å². The first-order chi connectivity index (χ1) is 18.4. The summed E-state index contributed by atoms with van der Waals surface area (Å²) in [5.74, 6) is 0.311. The number of halogens is 1. The Bertz CT molecular complexity index is 1510. The third-order valence-electron chi connectivity index (χ3n) is 6.28. The van der Waals surface area contributed by atoms with Crippen molar-refractivity contribution in [3.63, 3.8) is 0 Å². The summed E-state index contributed by atoms with van der Waals surface area (Å²) in [6.07, 6.45) is 8.66. The van der Waals surface area contributed by atoms with Crippen molar-refractivity contribution in [3.8, 4) is 22.8 Å². The van der Waals surface area contributed by atoms with Gasteiger partial charge < -0.3 is 15.8 Å². The molecule has 0 radical (unpaired) electrons. The molecule has 2 aromatic heterocycles. The van der Waals surface area contributed by atoms with Gasteiger partial charge in [-0.2, -0.15) is 0 Å². The SMILES string of the molecule is NC1CCC(Nc2nccc(-c3cnccc3Oc3ccc(NS(=O)(=O)c4ccccc4)c(F)c3)n2)CC1. The standard InChI is InChI=1S/C27H27FN6O3S/c28-23-16-20(10-11-25(23)34-38(35,36)21-4-2-1-3-5-21)37-26-13-14-30-17-22(26)24-12-15-31-27(33-24)32-19-8-6-18(29)7-9-19/h1-5,10-19,34H,6-9,29H2,(H,31,32,33). The molecule has 4 N–H and O–H groups in total. The van der Waals surface area contributed by atoms with E-state index in [1.165, 1.54) is 24.3 Å². The molecule has 5 rings (SSSR count). The van der Waals surface area contributed by atoms with E-state index in [1.807, 2.05) is 0 Å². The van der Waals surface area contributed by atoms with Crippen molar-refractivity contribution < 1.29 is 17.5 Å². The zero-order chi connectivity index (χ0) is 26.5. The highest BCUT2D eigenvalue weighted by molar-refractivity contribution is 7.92. The second kappa shape index (κ2) is 11.1. The maximum Gasteiger partial charge on any atom is 0.261 e. The molecule has 11 heteroatoms. The Hall–Kier alpha value is -4.09. The van der Waals surface area contributed by atoms with Gasteiger partial charge in [0.25, 0.3) is 10.0 Å². The maximum atomic E-state index is 14.9. The third kappa shape index (κ3) is 6.06. The summed E-state index contributed by atoms with van der Waals surface area (Å²) in [4.78, 5) is 13.2. The highest BCUT2D eigenvalue weighted by Crippen LogP contribution is 2.33. The fourth-order valence-electron chi connectivity index (χ4n) is 4.26. The monoisotopic (exact) mass is 534 g/mol. The fourth-order valence-corrected chi connectivity index (χ4v) is 5.35. The van der Waals surface area contributed by atoms with Gasteiger partial charge in [-0.25, -0.2) is 22.8 Å². The molecule has 0 unspecified atom stereocenters. The van der Waals surface area contributed by atoms with Crippen LogP contribution in [0.15, 0.2) is 84.1 Å². The molecule has 38 heavy (non-hydrogen) atoms. The number of ether oxygens (including phenoxy) is 1. The Morgan fingerprint density at radius 2 is 1.76 bits per heavy atom. The molecule has 196 valence electrons. The Morgan fingerprint density at radius 1 is 0.974 bits per heavy atom. The van der Waals surface area contributed by atoms with E-state index in [4.69, 9.17) is 10.5 Å². The van der Waals surface area contributed by atoms with Gasteiger partial charge in [0.2, 0.25) is 5.95 Å². The highest BCUT2D eigenvalue weighted by Gasteiger charge is 2.20. The smallest absolute Gasteiger partial charge is 0.261 e. The number of nitrogens with two attached hydrogens (primary N) is 1. The van der Waals surface area contributed by atoms with Crippen LogP contribution in [0.4, 0.5) is 16.0 Å². The van der Waals surface area contributed by atoms with Crippen molar-refractivity contribution in [1.82, 2.24) is 15.0 Å². The molecule has 1 aliphatic carbocycles. The number of benzene rings is 2. The lowest BCUT2D eigenvalue weighted by molar-refractivity contribution is 0.410. The van der Waals surface area contributed by atoms with Crippen LogP contribution >= 0.6 is 0 Å². The average molecular weight is 535 g/mol. The molecular weight excluding hydrogens is 507 g/mol. The molecule has 1 fully saturated rings. The molecular formula is C27H27FN6O3S. The van der Waals surface area contributed by atoms with E-state index in [0.29, 0.717) is 23.0 Å². The largest absolute Gasteiger partial charge is 0.456 e. The Kier molecular flexibility index (Phi) is 7.47. The lowest BCUT2D eigenvalue weighted by Gasteiger charge is -2.26. The number of sulfonamides is 1. The van der Waals surface area contributed by atoms with Crippen molar-refractivity contribution in [1.29, 1.82) is 0 Å². The predicted molar refractivity (Wildman–Crippen MR) is 143 cm³/mol. The zero-order valence-corrected chi connectivity index (χ0v) is 21.2. The van der Waals surface area contributed by atoms with E-state index in [-0.39, 0.29) is 28.4 Å². The summed E-state index contributed by atoms with van der Waals surface area (Å²) in [6, 6.07) is 15.6. The molecule has 2 heterocycles. The molecule has 0 spiro atoms. The van der Waals surface area contributed by atoms with Gasteiger partial charge in [-0.15, -0.1) is 0 Å². The third-order valence-corrected chi connectivity index (χ3v) is 7.67. The van der Waals surface area contributed by atoms with Gasteiger partial charge in [0.15, 0.2) is 5.82 Å². The van der Waals surface area contributed by atoms with Crippen LogP contribution in [-0.2, 0) is 10.0 Å². The molecule has 0 saturated heterocycles. The summed E-state index contributed by atoms with van der Waals surface area (Å²) in [6.45, 7) is 0. The second-order valence-corrected chi connectivity index (χ2v) is 10.7. The molecule has 0 amide bonds. The fraction of sp³-hybridized carbons (Fsp3) is 0.222. The average Bonchev–Trinajstić information content (AvgIpc) is 2.92. The normalized spacial score (nSPS) is 17.5. The van der Waals surface area contributed by atoms with Gasteiger partial charge in [0, 0.05) is 36.7 Å². The minimum atomic E-state index is -3.93. The molecule has 1 aliphatic rings. The van der Waals surface area contributed by atoms with Crippen LogP contribution in [0.25, 0.3) is 11.3 Å². The Balaban J connectivity index is 1.33. The van der Waals surface area contributed by atoms with Gasteiger partial charge >= 0.3 is 0 Å². The van der Waals surface area contributed by atoms with Gasteiger partial charge in [-0.3, -0.25) is 9.71 Å². The predicted octanol–water partition coefficient (Wildman–Crippen LogP) is 4.95. The number of hydrogen-bond acceptors (Lipinski definition) is 8. The first kappa shape index (κ1) is 25.6. The molecule has 0 bridgehead atoms. The highest BCUT2D eigenvalue weighted by atomic mass is 32.2. The van der Waals surface area contributed by atoms with Crippen molar-refractivity contribution in [3.05, 3.63) is 85.1 Å². The molecule has 0 atom stereocenters. The topological polar surface area (TPSA) is 132 Å². The molecule has 2 aromatic carbocycles. The van der Waals surface area contributed by atoms with Crippen LogP contribution in [0.1, 0.15) is 25.7 Å². The number of aromatic nitrogens is 3. The lowest BCUT2D eigenvalue weighted by Crippen LogP contribution is -2.33. The van der Waals surface area contributed by atoms with E-state index in [2.05, 4.69) is 25.0 Å². The summed E-state index contributed by atoms with van der Waals surface area (Å²) in [5.41, 5.74) is 7.00. The zero-order valence-electron chi connectivity index (χ0n) is 20.4. The van der Waals surface area contributed by atoms with Crippen molar-refractivity contribution in [2.75, 3.05) is 10.0 Å². The quantitative estimate of drug-likeness (QED) is 0.289. The number of pyridine rings is 1. The number of nitrogens with zero attached hydrogens (tertiary/aromatic N) is 3. The van der Waals surface area contributed by atoms with E-state index >= 15 is 0 Å². The Morgan fingerprint density at radius 3 is 2.53 bits per heavy atom. The number of nitrogens with one attached hydrogen (secondary N) is 2. The van der Waals surface area contributed by atoms with Gasteiger partial charge in [-0.05, 0) is 62.1 Å². The molecule has 1 saturated carbocycles. The summed E-state index contributed by atoms with van der Waals surface area (Å²) in [5, 5.41) is 3.38. The lowest BCUT2D eigenvalue weighted by atomic mass is 9.92. The minimum Gasteiger partial charge on any atom is -0.456 e. The number of rotatable bonds is 8.